The first-order valence-corrected chi connectivity index (χ1v) is 7.97. The molecule has 0 rings (SSSR count). The fraction of sp³-hybridized carbons (Fsp3) is 0.875. The largest absolute Gasteiger partial charge is 0.329 e. The van der Waals surface area contributed by atoms with E-state index in [1.54, 1.807) is 13.8 Å². The van der Waals surface area contributed by atoms with E-state index in [1.807, 2.05) is 27.7 Å². The molecule has 0 spiro atoms. The summed E-state index contributed by atoms with van der Waals surface area (Å²) in [6.45, 7) is 15.2. The summed E-state index contributed by atoms with van der Waals surface area (Å²) in [6.07, 6.45) is 0. The molecule has 0 aromatic rings. The molecule has 0 atom stereocenters. The van der Waals surface area contributed by atoms with E-state index in [2.05, 4.69) is 15.5 Å². The first-order chi connectivity index (χ1) is 10.0. The summed E-state index contributed by atoms with van der Waals surface area (Å²) in [7, 11) is 0. The molecule has 6 heteroatoms. The molecular formula is C16H34N4O2. The van der Waals surface area contributed by atoms with Crippen LogP contribution in [-0.2, 0) is 9.59 Å². The second kappa shape index (κ2) is 9.35. The minimum atomic E-state index is -0.497. The topological polar surface area (TPSA) is 87.5 Å². The van der Waals surface area contributed by atoms with Crippen LogP contribution < -0.4 is 16.4 Å². The number of hydrogen-bond acceptors (Lipinski definition) is 6. The molecule has 0 aliphatic heterocycles. The summed E-state index contributed by atoms with van der Waals surface area (Å²) in [6, 6.07) is 0. The average Bonchev–Trinajstić information content (AvgIpc) is 2.37. The van der Waals surface area contributed by atoms with E-state index in [-0.39, 0.29) is 11.6 Å². The average molecular weight is 314 g/mol. The number of ketones is 2. The molecular weight excluding hydrogens is 280 g/mol. The Bertz CT molecular complexity index is 335. The molecule has 130 valence electrons. The third-order valence-electron chi connectivity index (χ3n) is 4.20. The van der Waals surface area contributed by atoms with E-state index >= 15 is 0 Å². The van der Waals surface area contributed by atoms with E-state index < -0.39 is 11.1 Å². The quantitative estimate of drug-likeness (QED) is 0.476. The summed E-state index contributed by atoms with van der Waals surface area (Å²) in [4.78, 5) is 25.2. The number of Topliss-reactive ketones (excluding diaryl/α,β-unsaturated/α-hetero) is 2. The highest BCUT2D eigenvalue weighted by Crippen LogP contribution is 2.04. The summed E-state index contributed by atoms with van der Waals surface area (Å²) >= 11 is 0. The lowest BCUT2D eigenvalue weighted by Gasteiger charge is -2.28. The van der Waals surface area contributed by atoms with Gasteiger partial charge in [0.05, 0.1) is 11.1 Å². The molecule has 0 aromatic carbocycles. The first-order valence-electron chi connectivity index (χ1n) is 7.97. The smallest absolute Gasteiger partial charge is 0.149 e. The second-order valence-corrected chi connectivity index (χ2v) is 6.85. The number of carbonyl (C=O) groups is 2. The lowest BCUT2D eigenvalue weighted by molar-refractivity contribution is -0.122. The number of nitrogens with one attached hydrogen (secondary N) is 2. The Morgan fingerprint density at radius 2 is 1.23 bits per heavy atom. The van der Waals surface area contributed by atoms with Crippen molar-refractivity contribution < 1.29 is 9.59 Å². The SMILES string of the molecule is CC(=O)C(C)(C)NCCN(CCN)CCNC(C)(C)C(C)=O. The van der Waals surface area contributed by atoms with Crippen molar-refractivity contribution >= 4 is 11.6 Å². The third-order valence-corrected chi connectivity index (χ3v) is 4.20. The van der Waals surface area contributed by atoms with Crippen LogP contribution in [0.15, 0.2) is 0 Å². The Balaban J connectivity index is 4.22. The number of carbonyl (C=O) groups excluding carboxylic acids is 2. The van der Waals surface area contributed by atoms with Gasteiger partial charge in [0.15, 0.2) is 0 Å². The van der Waals surface area contributed by atoms with E-state index in [1.165, 1.54) is 0 Å². The van der Waals surface area contributed by atoms with Crippen molar-refractivity contribution in [3.8, 4) is 0 Å². The normalized spacial score (nSPS) is 12.7. The molecule has 4 N–H and O–H groups in total. The van der Waals surface area contributed by atoms with Crippen molar-refractivity contribution in [2.75, 3.05) is 39.3 Å². The van der Waals surface area contributed by atoms with Gasteiger partial charge in [-0.3, -0.25) is 14.5 Å². The molecule has 0 fully saturated rings. The Morgan fingerprint density at radius 1 is 0.864 bits per heavy atom. The van der Waals surface area contributed by atoms with Crippen molar-refractivity contribution in [2.24, 2.45) is 5.73 Å². The van der Waals surface area contributed by atoms with E-state index in [0.29, 0.717) is 6.54 Å². The van der Waals surface area contributed by atoms with Crippen LogP contribution in [-0.4, -0.2) is 66.8 Å². The molecule has 0 aliphatic carbocycles. The van der Waals surface area contributed by atoms with Crippen LogP contribution in [0.2, 0.25) is 0 Å². The van der Waals surface area contributed by atoms with Gasteiger partial charge in [0.25, 0.3) is 0 Å². The minimum Gasteiger partial charge on any atom is -0.329 e. The molecule has 0 bridgehead atoms. The first kappa shape index (κ1) is 21.2. The van der Waals surface area contributed by atoms with Gasteiger partial charge in [-0.25, -0.2) is 0 Å². The van der Waals surface area contributed by atoms with Crippen LogP contribution in [0.5, 0.6) is 0 Å². The third kappa shape index (κ3) is 7.98. The maximum absolute atomic E-state index is 11.5. The van der Waals surface area contributed by atoms with Crippen molar-refractivity contribution in [1.29, 1.82) is 0 Å². The van der Waals surface area contributed by atoms with Crippen molar-refractivity contribution in [3.05, 3.63) is 0 Å². The van der Waals surface area contributed by atoms with Crippen LogP contribution in [0.3, 0.4) is 0 Å². The fourth-order valence-corrected chi connectivity index (χ4v) is 1.82. The van der Waals surface area contributed by atoms with Crippen molar-refractivity contribution in [2.45, 2.75) is 52.6 Å². The Morgan fingerprint density at radius 3 is 1.50 bits per heavy atom. The van der Waals surface area contributed by atoms with E-state index in [9.17, 15) is 9.59 Å². The Hall–Kier alpha value is -0.820. The van der Waals surface area contributed by atoms with Crippen LogP contribution >= 0.6 is 0 Å². The predicted molar refractivity (Wildman–Crippen MR) is 91.0 cm³/mol. The summed E-state index contributed by atoms with van der Waals surface area (Å²) < 4.78 is 0. The van der Waals surface area contributed by atoms with Crippen LogP contribution in [0, 0.1) is 0 Å². The number of nitrogens with two attached hydrogens (primary N) is 1. The van der Waals surface area contributed by atoms with Gasteiger partial charge < -0.3 is 16.4 Å². The number of hydrogen-bond donors (Lipinski definition) is 3. The molecule has 0 aromatic heterocycles. The van der Waals surface area contributed by atoms with Gasteiger partial charge in [-0.05, 0) is 41.5 Å². The molecule has 0 amide bonds. The zero-order valence-electron chi connectivity index (χ0n) is 15.1. The van der Waals surface area contributed by atoms with Crippen molar-refractivity contribution in [3.63, 3.8) is 0 Å². The summed E-state index contributed by atoms with van der Waals surface area (Å²) in [5.41, 5.74) is 4.66. The maximum atomic E-state index is 11.5. The number of rotatable bonds is 12. The lowest BCUT2D eigenvalue weighted by Crippen LogP contribution is -2.51. The highest BCUT2D eigenvalue weighted by atomic mass is 16.1. The van der Waals surface area contributed by atoms with Gasteiger partial charge in [-0.2, -0.15) is 0 Å². The highest BCUT2D eigenvalue weighted by Gasteiger charge is 2.23. The molecule has 6 nitrogen and oxygen atoms in total. The van der Waals surface area contributed by atoms with Crippen LogP contribution in [0.1, 0.15) is 41.5 Å². The van der Waals surface area contributed by atoms with Gasteiger partial charge >= 0.3 is 0 Å². The zero-order valence-corrected chi connectivity index (χ0v) is 15.1. The van der Waals surface area contributed by atoms with Crippen LogP contribution in [0.25, 0.3) is 0 Å². The van der Waals surface area contributed by atoms with Gasteiger partial charge in [-0.1, -0.05) is 0 Å². The number of nitrogens with zero attached hydrogens (tertiary/aromatic N) is 1. The monoisotopic (exact) mass is 314 g/mol. The van der Waals surface area contributed by atoms with E-state index in [4.69, 9.17) is 5.73 Å². The van der Waals surface area contributed by atoms with Crippen molar-refractivity contribution in [1.82, 2.24) is 15.5 Å². The molecule has 0 radical (unpaired) electrons. The lowest BCUT2D eigenvalue weighted by atomic mass is 10.0. The molecule has 22 heavy (non-hydrogen) atoms. The minimum absolute atomic E-state index is 0.128. The van der Waals surface area contributed by atoms with Gasteiger partial charge in [0.1, 0.15) is 11.6 Å². The van der Waals surface area contributed by atoms with Crippen LogP contribution in [0.4, 0.5) is 0 Å². The standard InChI is InChI=1S/C16H34N4O2/c1-13(21)15(3,4)18-8-11-20(10-7-17)12-9-19-16(5,6)14(2)22/h18-19H,7-12,17H2,1-6H3. The molecule has 0 unspecified atom stereocenters. The molecule has 0 saturated heterocycles. The maximum Gasteiger partial charge on any atom is 0.149 e. The second-order valence-electron chi connectivity index (χ2n) is 6.85. The Labute approximate surface area is 135 Å². The fourth-order valence-electron chi connectivity index (χ4n) is 1.82. The molecule has 0 aliphatic rings. The molecule has 0 heterocycles. The van der Waals surface area contributed by atoms with Gasteiger partial charge in [0.2, 0.25) is 0 Å². The zero-order chi connectivity index (χ0) is 17.4. The van der Waals surface area contributed by atoms with Gasteiger partial charge in [0, 0.05) is 39.3 Å². The predicted octanol–water partition coefficient (Wildman–Crippen LogP) is 0.162. The van der Waals surface area contributed by atoms with Gasteiger partial charge in [-0.15, -0.1) is 0 Å². The summed E-state index contributed by atoms with van der Waals surface area (Å²) in [5.74, 6) is 0.255. The highest BCUT2D eigenvalue weighted by molar-refractivity contribution is 5.85. The van der Waals surface area contributed by atoms with E-state index in [0.717, 1.165) is 32.7 Å². The molecule has 0 saturated carbocycles. The Kier molecular flexibility index (Phi) is 9.00. The summed E-state index contributed by atoms with van der Waals surface area (Å²) in [5, 5.41) is 6.53.